The third-order valence-electron chi connectivity index (χ3n) is 7.84. The molecule has 0 aromatic heterocycles. The van der Waals surface area contributed by atoms with Gasteiger partial charge in [-0.1, -0.05) is 42.5 Å². The van der Waals surface area contributed by atoms with Gasteiger partial charge in [0.15, 0.2) is 0 Å². The normalized spacial score (nSPS) is 16.9. The lowest BCUT2D eigenvalue weighted by Gasteiger charge is -2.17. The lowest BCUT2D eigenvalue weighted by atomic mass is 9.92. The van der Waals surface area contributed by atoms with Crippen LogP contribution in [0.15, 0.2) is 72.8 Å². The van der Waals surface area contributed by atoms with E-state index in [0.717, 1.165) is 56.3 Å². The van der Waals surface area contributed by atoms with E-state index in [1.54, 1.807) is 12.1 Å². The molecule has 2 aliphatic rings. The van der Waals surface area contributed by atoms with Gasteiger partial charge in [-0.2, -0.15) is 0 Å². The fourth-order valence-electron chi connectivity index (χ4n) is 5.92. The molecule has 2 N–H and O–H groups in total. The summed E-state index contributed by atoms with van der Waals surface area (Å²) in [7, 11) is 0. The summed E-state index contributed by atoms with van der Waals surface area (Å²) >= 11 is 0. The van der Waals surface area contributed by atoms with Crippen LogP contribution in [0.1, 0.15) is 46.2 Å². The van der Waals surface area contributed by atoms with Crippen molar-refractivity contribution in [2.45, 2.75) is 38.6 Å². The van der Waals surface area contributed by atoms with E-state index < -0.39 is 5.97 Å². The smallest absolute Gasteiger partial charge is 0.304 e. The van der Waals surface area contributed by atoms with Gasteiger partial charge in [-0.25, -0.2) is 4.39 Å². The van der Waals surface area contributed by atoms with Gasteiger partial charge in [0.2, 0.25) is 0 Å². The van der Waals surface area contributed by atoms with Crippen LogP contribution in [0.3, 0.4) is 0 Å². The largest absolute Gasteiger partial charge is 0.493 e. The molecule has 0 fully saturated rings. The van der Waals surface area contributed by atoms with Crippen LogP contribution in [0.5, 0.6) is 17.2 Å². The number of carbonyl (C=O) groups is 1. The van der Waals surface area contributed by atoms with Crippen molar-refractivity contribution in [3.05, 3.63) is 106 Å². The molecule has 6 rings (SSSR count). The van der Waals surface area contributed by atoms with E-state index >= 15 is 0 Å². The van der Waals surface area contributed by atoms with E-state index in [1.807, 2.05) is 36.4 Å². The molecule has 0 aliphatic carbocycles. The van der Waals surface area contributed by atoms with Gasteiger partial charge in [0.25, 0.3) is 0 Å². The quantitative estimate of drug-likeness (QED) is 0.228. The average molecular weight is 554 g/mol. The van der Waals surface area contributed by atoms with E-state index in [0.29, 0.717) is 31.8 Å². The summed E-state index contributed by atoms with van der Waals surface area (Å²) in [5.74, 6) is 1.21. The second-order valence-corrected chi connectivity index (χ2v) is 10.7. The summed E-state index contributed by atoms with van der Waals surface area (Å²) in [5, 5.41) is 12.7. The first-order chi connectivity index (χ1) is 19.9. The number of aliphatic carboxylic acids is 1. The first-order valence-corrected chi connectivity index (χ1v) is 13.9. The number of anilines is 1. The Bertz CT molecular complexity index is 1590. The Kier molecular flexibility index (Phi) is 7.26. The zero-order valence-electron chi connectivity index (χ0n) is 23.1. The molecule has 4 aromatic rings. The number of nitrogens with one attached hydrogen (secondary N) is 1. The molecule has 6 nitrogen and oxygen atoms in total. The zero-order valence-corrected chi connectivity index (χ0v) is 23.1. The fraction of sp³-hybridized carbons (Fsp3) is 0.265. The van der Waals surface area contributed by atoms with Crippen LogP contribution >= 0.6 is 0 Å². The summed E-state index contributed by atoms with van der Waals surface area (Å²) in [6, 6.07) is 22.9. The van der Waals surface area contributed by atoms with Gasteiger partial charge in [0, 0.05) is 40.8 Å². The van der Waals surface area contributed by atoms with Crippen LogP contribution in [0.2, 0.25) is 0 Å². The maximum Gasteiger partial charge on any atom is 0.304 e. The molecule has 0 radical (unpaired) electrons. The molecule has 7 heteroatoms. The second-order valence-electron chi connectivity index (χ2n) is 10.7. The molecular formula is C34H32FNO5. The zero-order chi connectivity index (χ0) is 28.5. The van der Waals surface area contributed by atoms with E-state index in [9.17, 15) is 14.3 Å². The van der Waals surface area contributed by atoms with Crippen LogP contribution in [-0.2, 0) is 11.2 Å². The highest BCUT2D eigenvalue weighted by atomic mass is 19.1. The van der Waals surface area contributed by atoms with Crippen molar-refractivity contribution < 1.29 is 28.5 Å². The van der Waals surface area contributed by atoms with E-state index in [4.69, 9.17) is 14.2 Å². The number of rotatable bonds is 9. The fourth-order valence-corrected chi connectivity index (χ4v) is 5.92. The summed E-state index contributed by atoms with van der Waals surface area (Å²) < 4.78 is 32.0. The van der Waals surface area contributed by atoms with Crippen molar-refractivity contribution in [1.29, 1.82) is 0 Å². The molecule has 0 amide bonds. The molecule has 41 heavy (non-hydrogen) atoms. The van der Waals surface area contributed by atoms with Gasteiger partial charge in [-0.3, -0.25) is 4.79 Å². The molecular weight excluding hydrogens is 521 g/mol. The number of fused-ring (bicyclic) bond motifs is 2. The minimum absolute atomic E-state index is 0.0409. The van der Waals surface area contributed by atoms with Gasteiger partial charge >= 0.3 is 5.97 Å². The standard InChI is InChI=1S/C34H32FNO5/c1-20-14-25(39-13-12-22-6-3-4-9-29(22)35)15-21(2)33(20)28-8-5-7-27-30(19-41-34(27)28)36-24-10-11-26-23(16-32(37)38)18-40-31(26)17-24/h3-11,14-15,17,23,30,36H,12-13,16,18-19H2,1-2H3,(H,37,38)/t23-,30-/m1/s1. The number of carboxylic acid groups (broad SMARTS) is 1. The molecule has 4 aromatic carbocycles. The number of carboxylic acids is 1. The number of aryl methyl sites for hydroxylation is 2. The maximum absolute atomic E-state index is 14.0. The molecule has 2 aliphatic heterocycles. The Hall–Kier alpha value is -4.52. The number of halogens is 1. The number of hydrogen-bond donors (Lipinski definition) is 2. The highest BCUT2D eigenvalue weighted by molar-refractivity contribution is 5.79. The topological polar surface area (TPSA) is 77.0 Å². The minimum Gasteiger partial charge on any atom is -0.493 e. The average Bonchev–Trinajstić information content (AvgIpc) is 3.53. The first kappa shape index (κ1) is 26.7. The van der Waals surface area contributed by atoms with Crippen molar-refractivity contribution in [2.75, 3.05) is 25.1 Å². The van der Waals surface area contributed by atoms with Crippen LogP contribution in [-0.4, -0.2) is 30.9 Å². The number of ether oxygens (including phenoxy) is 3. The Labute approximate surface area is 238 Å². The summed E-state index contributed by atoms with van der Waals surface area (Å²) in [6.07, 6.45) is 0.562. The Morgan fingerprint density at radius 2 is 1.78 bits per heavy atom. The summed E-state index contributed by atoms with van der Waals surface area (Å²) in [5.41, 5.74) is 7.86. The van der Waals surface area contributed by atoms with Crippen molar-refractivity contribution >= 4 is 11.7 Å². The predicted octanol–water partition coefficient (Wildman–Crippen LogP) is 7.23. The van der Waals surface area contributed by atoms with Crippen molar-refractivity contribution in [1.82, 2.24) is 0 Å². The predicted molar refractivity (Wildman–Crippen MR) is 156 cm³/mol. The van der Waals surface area contributed by atoms with Gasteiger partial charge in [-0.05, 0) is 60.4 Å². The maximum atomic E-state index is 14.0. The molecule has 0 saturated carbocycles. The third-order valence-corrected chi connectivity index (χ3v) is 7.84. The molecule has 0 unspecified atom stereocenters. The van der Waals surface area contributed by atoms with Crippen LogP contribution in [0.25, 0.3) is 11.1 Å². The lowest BCUT2D eigenvalue weighted by molar-refractivity contribution is -0.137. The number of para-hydroxylation sites is 1. The van der Waals surface area contributed by atoms with Gasteiger partial charge in [0.05, 0.1) is 25.7 Å². The highest BCUT2D eigenvalue weighted by Gasteiger charge is 2.30. The third kappa shape index (κ3) is 5.44. The number of benzene rings is 4. The van der Waals surface area contributed by atoms with Crippen LogP contribution < -0.4 is 19.5 Å². The van der Waals surface area contributed by atoms with Crippen molar-refractivity contribution in [3.63, 3.8) is 0 Å². The van der Waals surface area contributed by atoms with Crippen molar-refractivity contribution in [2.24, 2.45) is 0 Å². The SMILES string of the molecule is Cc1cc(OCCc2ccccc2F)cc(C)c1-c1cccc2c1OC[C@H]2Nc1ccc2c(c1)OC[C@H]2CC(=O)O. The Balaban J connectivity index is 1.18. The molecule has 210 valence electrons. The minimum atomic E-state index is -0.823. The van der Waals surface area contributed by atoms with Crippen molar-refractivity contribution in [3.8, 4) is 28.4 Å². The summed E-state index contributed by atoms with van der Waals surface area (Å²) in [4.78, 5) is 11.2. The second kappa shape index (κ2) is 11.2. The van der Waals surface area contributed by atoms with Crippen LogP contribution in [0, 0.1) is 19.7 Å². The molecule has 2 heterocycles. The monoisotopic (exact) mass is 553 g/mol. The van der Waals surface area contributed by atoms with E-state index in [1.165, 1.54) is 6.07 Å². The molecule has 0 saturated heterocycles. The Morgan fingerprint density at radius 1 is 0.976 bits per heavy atom. The van der Waals surface area contributed by atoms with E-state index in [-0.39, 0.29) is 24.2 Å². The lowest BCUT2D eigenvalue weighted by Crippen LogP contribution is -2.11. The molecule has 0 bridgehead atoms. The first-order valence-electron chi connectivity index (χ1n) is 13.9. The highest BCUT2D eigenvalue weighted by Crippen LogP contribution is 2.45. The Morgan fingerprint density at radius 3 is 2.56 bits per heavy atom. The summed E-state index contributed by atoms with van der Waals surface area (Å²) in [6.45, 7) is 5.40. The van der Waals surface area contributed by atoms with Crippen LogP contribution in [0.4, 0.5) is 10.1 Å². The molecule has 2 atom stereocenters. The van der Waals surface area contributed by atoms with E-state index in [2.05, 4.69) is 37.4 Å². The number of hydrogen-bond acceptors (Lipinski definition) is 5. The molecule has 0 spiro atoms. The van der Waals surface area contributed by atoms with Gasteiger partial charge < -0.3 is 24.6 Å². The van der Waals surface area contributed by atoms with Gasteiger partial charge in [-0.15, -0.1) is 0 Å². The van der Waals surface area contributed by atoms with Gasteiger partial charge in [0.1, 0.15) is 29.7 Å².